The quantitative estimate of drug-likeness (QED) is 0.0439. The average molecular weight is 793 g/mol. The van der Waals surface area contributed by atoms with Gasteiger partial charge in [-0.1, -0.05) is 31.4 Å². The van der Waals surface area contributed by atoms with Crippen molar-refractivity contribution in [3.05, 3.63) is 112 Å². The van der Waals surface area contributed by atoms with Crippen molar-refractivity contribution < 1.29 is 48.6 Å². The first-order valence-electron chi connectivity index (χ1n) is 18.8. The van der Waals surface area contributed by atoms with Crippen molar-refractivity contribution in [2.45, 2.75) is 52.4 Å². The Hall–Kier alpha value is -6.09. The molecule has 58 heavy (non-hydrogen) atoms. The van der Waals surface area contributed by atoms with Gasteiger partial charge in [-0.25, -0.2) is 14.8 Å². The maximum Gasteiger partial charge on any atom is 0.334 e. The molecule has 4 aliphatic rings. The first-order valence-corrected chi connectivity index (χ1v) is 18.8. The van der Waals surface area contributed by atoms with Gasteiger partial charge in [-0.3, -0.25) is 9.59 Å². The summed E-state index contributed by atoms with van der Waals surface area (Å²) < 4.78 is 15.6. The summed E-state index contributed by atoms with van der Waals surface area (Å²) in [5, 5.41) is 18.4. The number of aliphatic hydroxyl groups is 2. The number of methoxy groups -OCH3 is 2. The topological polar surface area (TPSA) is 195 Å². The van der Waals surface area contributed by atoms with Crippen LogP contribution in [0.2, 0.25) is 0 Å². The van der Waals surface area contributed by atoms with E-state index in [2.05, 4.69) is 23.1 Å². The maximum absolute atomic E-state index is 13.8. The number of H-pyrrole nitrogens is 2. The van der Waals surface area contributed by atoms with Crippen LogP contribution in [-0.2, 0) is 50.2 Å². The molecule has 3 aliphatic heterocycles. The molecule has 2 aromatic rings. The van der Waals surface area contributed by atoms with E-state index in [0.717, 1.165) is 39.0 Å². The van der Waals surface area contributed by atoms with E-state index in [9.17, 15) is 24.6 Å². The number of aromatic amines is 2. The predicted molar refractivity (Wildman–Crippen MR) is 217 cm³/mol. The zero-order valence-corrected chi connectivity index (χ0v) is 33.5. The number of ether oxygens (including phenoxy) is 3. The van der Waals surface area contributed by atoms with Gasteiger partial charge in [0.15, 0.2) is 0 Å². The zero-order chi connectivity index (χ0) is 41.9. The highest BCUT2D eigenvalue weighted by molar-refractivity contribution is 6.02. The highest BCUT2D eigenvalue weighted by Crippen LogP contribution is 2.52. The molecule has 0 amide bonds. The van der Waals surface area contributed by atoms with E-state index in [4.69, 9.17) is 34.0 Å². The standard InChI is InChI=1S/C44H48N4O10/c1-9-27-24(3)33-20-38-31-12-10-29(42(52)54-7)41(43(53)55-8)44(31,6)39(48-38)22-34-26(5)30(18-23(2)58-57-17-15-50)37(47-34)21-36-28(11-13-40(51)56-16-14-49)25(4)32(46-36)19-35(27)45-33/h9-10,12,19-22,41,47-50H,1-2,11,13-18H2,3-8H3/t41-,44+/m0/s1. The first kappa shape index (κ1) is 41.5. The molecule has 2 aromatic heterocycles. The minimum Gasteiger partial charge on any atom is -0.469 e. The summed E-state index contributed by atoms with van der Waals surface area (Å²) in [6.07, 6.45) is 5.73. The number of carbonyl (C=O) groups is 3. The summed E-state index contributed by atoms with van der Waals surface area (Å²) in [4.78, 5) is 67.5. The fourth-order valence-electron chi connectivity index (χ4n) is 7.89. The van der Waals surface area contributed by atoms with E-state index in [1.165, 1.54) is 14.2 Å². The zero-order valence-electron chi connectivity index (χ0n) is 33.5. The van der Waals surface area contributed by atoms with Crippen molar-refractivity contribution in [2.24, 2.45) is 5.92 Å². The van der Waals surface area contributed by atoms with Gasteiger partial charge in [-0.15, -0.1) is 0 Å². The lowest BCUT2D eigenvalue weighted by atomic mass is 9.64. The molecule has 304 valence electrons. The number of hydrogen-bond acceptors (Lipinski definition) is 12. The van der Waals surface area contributed by atoms with Crippen LogP contribution in [0.3, 0.4) is 0 Å². The Morgan fingerprint density at radius 1 is 0.897 bits per heavy atom. The third-order valence-electron chi connectivity index (χ3n) is 11.0. The summed E-state index contributed by atoms with van der Waals surface area (Å²) in [6.45, 7) is 15.2. The number of rotatable bonds is 14. The Morgan fingerprint density at radius 3 is 2.31 bits per heavy atom. The summed E-state index contributed by atoms with van der Waals surface area (Å²) in [5.41, 5.74) is 9.80. The monoisotopic (exact) mass is 792 g/mol. The molecule has 0 radical (unpaired) electrons. The van der Waals surface area contributed by atoms with Gasteiger partial charge in [0, 0.05) is 40.8 Å². The molecule has 6 rings (SSSR count). The number of allylic oxidation sites excluding steroid dienone is 9. The largest absolute Gasteiger partial charge is 0.469 e. The molecule has 14 heteroatoms. The second-order valence-electron chi connectivity index (χ2n) is 14.3. The Morgan fingerprint density at radius 2 is 1.62 bits per heavy atom. The van der Waals surface area contributed by atoms with Crippen LogP contribution in [0.5, 0.6) is 0 Å². The third-order valence-corrected chi connectivity index (χ3v) is 11.0. The van der Waals surface area contributed by atoms with Crippen molar-refractivity contribution in [3.63, 3.8) is 0 Å². The van der Waals surface area contributed by atoms with Crippen LogP contribution in [0.1, 0.15) is 78.9 Å². The molecule has 5 heterocycles. The molecule has 0 aromatic carbocycles. The summed E-state index contributed by atoms with van der Waals surface area (Å²) in [5.74, 6) is -2.53. The van der Waals surface area contributed by atoms with Crippen molar-refractivity contribution in [3.8, 4) is 0 Å². The van der Waals surface area contributed by atoms with Crippen LogP contribution in [0.4, 0.5) is 0 Å². The smallest absolute Gasteiger partial charge is 0.334 e. The molecular weight excluding hydrogens is 745 g/mol. The van der Waals surface area contributed by atoms with Gasteiger partial charge in [-0.2, -0.15) is 4.89 Å². The molecule has 0 unspecified atom stereocenters. The van der Waals surface area contributed by atoms with Crippen LogP contribution >= 0.6 is 0 Å². The number of nitrogens with zero attached hydrogens (tertiary/aromatic N) is 2. The molecule has 0 saturated carbocycles. The minimum atomic E-state index is -1.15. The summed E-state index contributed by atoms with van der Waals surface area (Å²) >= 11 is 0. The fraction of sp³-hybridized carbons (Fsp3) is 0.341. The van der Waals surface area contributed by atoms with Gasteiger partial charge in [0.2, 0.25) is 0 Å². The molecule has 2 atom stereocenters. The second kappa shape index (κ2) is 17.2. The number of aliphatic hydroxyl groups excluding tert-OH is 2. The molecular formula is C44H48N4O10. The molecule has 14 nitrogen and oxygen atoms in total. The summed E-state index contributed by atoms with van der Waals surface area (Å²) in [7, 11) is 2.55. The van der Waals surface area contributed by atoms with Gasteiger partial charge in [0.25, 0.3) is 0 Å². The number of carbonyl (C=O) groups excluding carboxylic acids is 3. The summed E-state index contributed by atoms with van der Waals surface area (Å²) in [6, 6.07) is 7.62. The minimum absolute atomic E-state index is 0.0480. The van der Waals surface area contributed by atoms with E-state index in [1.807, 2.05) is 58.0 Å². The maximum atomic E-state index is 13.8. The predicted octanol–water partition coefficient (Wildman–Crippen LogP) is 5.95. The van der Waals surface area contributed by atoms with Crippen LogP contribution in [0.15, 0.2) is 67.0 Å². The lowest BCUT2D eigenvalue weighted by Crippen LogP contribution is -2.42. The SMILES string of the molecule is C=CC1=C(C)c2cc3[nH]c(cc4[nH]c(cc5nc(cc1n2)C(C)=C5CCC(=O)OCCO)c(CC(=C)OOCCO)c4C)[C@@]1(C)C3=CC=C(C(=O)OC)[C@H]1C(=O)OC. The normalized spacial score (nSPS) is 17.8. The van der Waals surface area contributed by atoms with Crippen LogP contribution in [0.25, 0.3) is 38.9 Å². The van der Waals surface area contributed by atoms with Crippen molar-refractivity contribution in [2.75, 3.05) is 40.6 Å². The van der Waals surface area contributed by atoms with E-state index in [-0.39, 0.29) is 50.6 Å². The van der Waals surface area contributed by atoms with Gasteiger partial charge in [-0.05, 0) is 91.8 Å². The average Bonchev–Trinajstić information content (AvgIpc) is 3.86. The highest BCUT2D eigenvalue weighted by Gasteiger charge is 2.53. The Bertz CT molecular complexity index is 2410. The number of esters is 3. The Labute approximate surface area is 335 Å². The van der Waals surface area contributed by atoms with Crippen LogP contribution < -0.4 is 0 Å². The van der Waals surface area contributed by atoms with E-state index >= 15 is 0 Å². The van der Waals surface area contributed by atoms with Crippen LogP contribution in [0, 0.1) is 12.8 Å². The van der Waals surface area contributed by atoms with Crippen molar-refractivity contribution >= 4 is 56.8 Å². The van der Waals surface area contributed by atoms with Crippen molar-refractivity contribution in [1.82, 2.24) is 19.9 Å². The fourth-order valence-corrected chi connectivity index (χ4v) is 7.89. The third kappa shape index (κ3) is 7.65. The van der Waals surface area contributed by atoms with E-state index in [1.54, 1.807) is 12.2 Å². The molecule has 8 bridgehead atoms. The second-order valence-corrected chi connectivity index (χ2v) is 14.3. The van der Waals surface area contributed by atoms with E-state index < -0.39 is 29.2 Å². The number of aromatic nitrogens is 4. The van der Waals surface area contributed by atoms with Gasteiger partial charge < -0.3 is 39.3 Å². The van der Waals surface area contributed by atoms with Gasteiger partial charge in [0.1, 0.15) is 24.9 Å². The molecule has 0 spiro atoms. The molecule has 1 aliphatic carbocycles. The number of fused-ring (bicyclic) bond motifs is 11. The molecule has 4 N–H and O–H groups in total. The number of aryl methyl sites for hydroxylation is 1. The van der Waals surface area contributed by atoms with Crippen molar-refractivity contribution in [1.29, 1.82) is 0 Å². The Balaban J connectivity index is 1.70. The lowest BCUT2D eigenvalue weighted by Gasteiger charge is -2.36. The molecule has 0 saturated heterocycles. The lowest BCUT2D eigenvalue weighted by molar-refractivity contribution is -0.266. The highest BCUT2D eigenvalue weighted by atomic mass is 17.2. The van der Waals surface area contributed by atoms with Gasteiger partial charge in [0.05, 0.1) is 61.2 Å². The van der Waals surface area contributed by atoms with E-state index in [0.29, 0.717) is 51.6 Å². The Kier molecular flexibility index (Phi) is 12.3. The number of hydrogen-bond donors (Lipinski definition) is 4. The molecule has 0 fully saturated rings. The first-order chi connectivity index (χ1) is 27.8. The number of nitrogens with one attached hydrogen (secondary N) is 2. The van der Waals surface area contributed by atoms with Gasteiger partial charge >= 0.3 is 17.9 Å². The van der Waals surface area contributed by atoms with Crippen LogP contribution in [-0.4, -0.2) is 88.7 Å².